The molecule has 0 saturated carbocycles. The van der Waals surface area contributed by atoms with Gasteiger partial charge in [0.05, 0.1) is 0 Å². The van der Waals surface area contributed by atoms with Crippen molar-refractivity contribution in [1.82, 2.24) is 15.2 Å². The van der Waals surface area contributed by atoms with E-state index in [-0.39, 0.29) is 12.1 Å². The highest BCUT2D eigenvalue weighted by molar-refractivity contribution is 5.74. The lowest BCUT2D eigenvalue weighted by Crippen LogP contribution is -2.40. The molecule has 0 unspecified atom stereocenters. The number of aromatic nitrogens is 1. The second kappa shape index (κ2) is 5.34. The van der Waals surface area contributed by atoms with Crippen LogP contribution in [0.1, 0.15) is 19.4 Å². The maximum Gasteiger partial charge on any atom is 0.317 e. The molecule has 15 heavy (non-hydrogen) atoms. The van der Waals surface area contributed by atoms with Crippen LogP contribution >= 0.6 is 0 Å². The molecule has 4 nitrogen and oxygen atoms in total. The van der Waals surface area contributed by atoms with Gasteiger partial charge >= 0.3 is 6.03 Å². The Labute approximate surface area is 90.3 Å². The van der Waals surface area contributed by atoms with E-state index in [1.165, 1.54) is 0 Å². The van der Waals surface area contributed by atoms with Gasteiger partial charge in [-0.2, -0.15) is 0 Å². The zero-order valence-electron chi connectivity index (χ0n) is 9.40. The maximum atomic E-state index is 11.6. The maximum absolute atomic E-state index is 11.6. The molecule has 1 heterocycles. The highest BCUT2D eigenvalue weighted by Crippen LogP contribution is 2.01. The Hall–Kier alpha value is -1.58. The third kappa shape index (κ3) is 3.97. The molecule has 2 amide bonds. The van der Waals surface area contributed by atoms with Crippen molar-refractivity contribution >= 4 is 6.03 Å². The van der Waals surface area contributed by atoms with Crippen molar-refractivity contribution in [2.24, 2.45) is 0 Å². The Bertz CT molecular complexity index is 311. The third-order valence-electron chi connectivity index (χ3n) is 1.93. The Morgan fingerprint density at radius 2 is 2.07 bits per heavy atom. The zero-order chi connectivity index (χ0) is 11.3. The summed E-state index contributed by atoms with van der Waals surface area (Å²) >= 11 is 0. The first-order chi connectivity index (χ1) is 7.09. The van der Waals surface area contributed by atoms with Crippen molar-refractivity contribution in [3.63, 3.8) is 0 Å². The molecule has 0 radical (unpaired) electrons. The number of hydrogen-bond acceptors (Lipinski definition) is 2. The SMILES string of the molecule is CC(C)NC(=O)N(C)Cc1ccncc1. The van der Waals surface area contributed by atoms with Crippen LogP contribution in [0.5, 0.6) is 0 Å². The van der Waals surface area contributed by atoms with Crippen molar-refractivity contribution in [2.75, 3.05) is 7.05 Å². The topological polar surface area (TPSA) is 45.2 Å². The summed E-state index contributed by atoms with van der Waals surface area (Å²) in [5, 5.41) is 2.83. The van der Waals surface area contributed by atoms with E-state index in [2.05, 4.69) is 10.3 Å². The number of nitrogens with one attached hydrogen (secondary N) is 1. The molecule has 1 rings (SSSR count). The first kappa shape index (κ1) is 11.5. The largest absolute Gasteiger partial charge is 0.336 e. The summed E-state index contributed by atoms with van der Waals surface area (Å²) in [6.45, 7) is 4.48. The number of nitrogens with zero attached hydrogens (tertiary/aromatic N) is 2. The molecule has 0 saturated heterocycles. The zero-order valence-corrected chi connectivity index (χ0v) is 9.40. The van der Waals surface area contributed by atoms with Gasteiger partial charge in [-0.15, -0.1) is 0 Å². The predicted octanol–water partition coefficient (Wildman–Crippen LogP) is 1.63. The molecule has 0 fully saturated rings. The Morgan fingerprint density at radius 3 is 2.60 bits per heavy atom. The first-order valence-electron chi connectivity index (χ1n) is 5.00. The van der Waals surface area contributed by atoms with Crippen LogP contribution in [0.15, 0.2) is 24.5 Å². The minimum atomic E-state index is -0.0539. The van der Waals surface area contributed by atoms with E-state index < -0.39 is 0 Å². The van der Waals surface area contributed by atoms with Gasteiger partial charge < -0.3 is 10.2 Å². The second-order valence-corrected chi connectivity index (χ2v) is 3.82. The lowest BCUT2D eigenvalue weighted by Gasteiger charge is -2.19. The summed E-state index contributed by atoms with van der Waals surface area (Å²) in [4.78, 5) is 17.1. The summed E-state index contributed by atoms with van der Waals surface area (Å²) < 4.78 is 0. The predicted molar refractivity (Wildman–Crippen MR) is 59.4 cm³/mol. The van der Waals surface area contributed by atoms with Crippen LogP contribution in [-0.2, 0) is 6.54 Å². The first-order valence-corrected chi connectivity index (χ1v) is 5.00. The molecule has 1 N–H and O–H groups in total. The molecule has 0 bridgehead atoms. The minimum absolute atomic E-state index is 0.0539. The van der Waals surface area contributed by atoms with E-state index in [0.717, 1.165) is 5.56 Å². The van der Waals surface area contributed by atoms with Crippen molar-refractivity contribution in [1.29, 1.82) is 0 Å². The number of rotatable bonds is 3. The van der Waals surface area contributed by atoms with E-state index in [9.17, 15) is 4.79 Å². The summed E-state index contributed by atoms with van der Waals surface area (Å²) in [6, 6.07) is 3.91. The number of hydrogen-bond donors (Lipinski definition) is 1. The lowest BCUT2D eigenvalue weighted by atomic mass is 10.2. The quantitative estimate of drug-likeness (QED) is 0.818. The van der Waals surface area contributed by atoms with Gasteiger partial charge in [-0.3, -0.25) is 4.98 Å². The van der Waals surface area contributed by atoms with Crippen LogP contribution in [0.25, 0.3) is 0 Å². The van der Waals surface area contributed by atoms with Crippen LogP contribution in [-0.4, -0.2) is 29.0 Å². The lowest BCUT2D eigenvalue weighted by molar-refractivity contribution is 0.204. The summed E-state index contributed by atoms with van der Waals surface area (Å²) in [5.74, 6) is 0. The van der Waals surface area contributed by atoms with Crippen LogP contribution in [0.3, 0.4) is 0 Å². The van der Waals surface area contributed by atoms with Crippen LogP contribution in [0, 0.1) is 0 Å². The van der Waals surface area contributed by atoms with Crippen molar-refractivity contribution < 1.29 is 4.79 Å². The summed E-state index contributed by atoms with van der Waals surface area (Å²) in [5.41, 5.74) is 1.08. The smallest absolute Gasteiger partial charge is 0.317 e. The van der Waals surface area contributed by atoms with Gasteiger partial charge in [-0.25, -0.2) is 4.79 Å². The molecule has 0 aliphatic carbocycles. The molecule has 1 aromatic rings. The number of carbonyl (C=O) groups excluding carboxylic acids is 1. The van der Waals surface area contributed by atoms with Gasteiger partial charge in [-0.1, -0.05) is 0 Å². The highest BCUT2D eigenvalue weighted by Gasteiger charge is 2.09. The van der Waals surface area contributed by atoms with Gasteiger partial charge in [0.1, 0.15) is 0 Å². The minimum Gasteiger partial charge on any atom is -0.336 e. The van der Waals surface area contributed by atoms with Gasteiger partial charge in [0.25, 0.3) is 0 Å². The molecule has 1 aromatic heterocycles. The van der Waals surface area contributed by atoms with Crippen LogP contribution < -0.4 is 5.32 Å². The van der Waals surface area contributed by atoms with Crippen molar-refractivity contribution in [3.05, 3.63) is 30.1 Å². The standard InChI is InChI=1S/C11H17N3O/c1-9(2)13-11(15)14(3)8-10-4-6-12-7-5-10/h4-7,9H,8H2,1-3H3,(H,13,15). The highest BCUT2D eigenvalue weighted by atomic mass is 16.2. The Kier molecular flexibility index (Phi) is 4.09. The average molecular weight is 207 g/mol. The fraction of sp³-hybridized carbons (Fsp3) is 0.455. The fourth-order valence-electron chi connectivity index (χ4n) is 1.19. The number of pyridine rings is 1. The summed E-state index contributed by atoms with van der Waals surface area (Å²) in [7, 11) is 1.78. The number of amides is 2. The molecule has 0 aromatic carbocycles. The summed E-state index contributed by atoms with van der Waals surface area (Å²) in [6.07, 6.45) is 3.45. The van der Waals surface area contributed by atoms with Gasteiger partial charge in [0, 0.05) is 32.0 Å². The van der Waals surface area contributed by atoms with Gasteiger partial charge in [0.15, 0.2) is 0 Å². The molecular weight excluding hydrogens is 190 g/mol. The van der Waals surface area contributed by atoms with Crippen LogP contribution in [0.4, 0.5) is 4.79 Å². The van der Waals surface area contributed by atoms with Crippen LogP contribution in [0.2, 0.25) is 0 Å². The van der Waals surface area contributed by atoms with Crippen molar-refractivity contribution in [3.8, 4) is 0 Å². The molecular formula is C11H17N3O. The Morgan fingerprint density at radius 1 is 1.47 bits per heavy atom. The molecule has 0 spiro atoms. The Balaban J connectivity index is 2.49. The van der Waals surface area contributed by atoms with E-state index in [0.29, 0.717) is 6.54 Å². The number of carbonyl (C=O) groups is 1. The van der Waals surface area contributed by atoms with Gasteiger partial charge in [0.2, 0.25) is 0 Å². The second-order valence-electron chi connectivity index (χ2n) is 3.82. The number of urea groups is 1. The van der Waals surface area contributed by atoms with E-state index in [1.807, 2.05) is 26.0 Å². The monoisotopic (exact) mass is 207 g/mol. The molecule has 0 atom stereocenters. The van der Waals surface area contributed by atoms with E-state index in [4.69, 9.17) is 0 Å². The normalized spacial score (nSPS) is 10.1. The van der Waals surface area contributed by atoms with Gasteiger partial charge in [-0.05, 0) is 31.5 Å². The molecule has 4 heteroatoms. The third-order valence-corrected chi connectivity index (χ3v) is 1.93. The molecule has 82 valence electrons. The fourth-order valence-corrected chi connectivity index (χ4v) is 1.19. The van der Waals surface area contributed by atoms with E-state index >= 15 is 0 Å². The molecule has 0 aliphatic heterocycles. The van der Waals surface area contributed by atoms with Crippen molar-refractivity contribution in [2.45, 2.75) is 26.4 Å². The van der Waals surface area contributed by atoms with E-state index in [1.54, 1.807) is 24.3 Å². The molecule has 0 aliphatic rings. The average Bonchev–Trinajstić information content (AvgIpc) is 2.18.